The molecular weight excluding hydrogens is 378 g/mol. The molecule has 1 unspecified atom stereocenters. The zero-order chi connectivity index (χ0) is 21.5. The summed E-state index contributed by atoms with van der Waals surface area (Å²) in [6, 6.07) is 22.3. The molecule has 0 aromatic heterocycles. The molecule has 3 aromatic carbocycles. The van der Waals surface area contributed by atoms with Gasteiger partial charge in [0, 0.05) is 23.2 Å². The number of amides is 3. The van der Waals surface area contributed by atoms with E-state index in [1.807, 2.05) is 36.4 Å². The third-order valence-corrected chi connectivity index (χ3v) is 4.70. The molecule has 0 bridgehead atoms. The van der Waals surface area contributed by atoms with Crippen LogP contribution in [0.25, 0.3) is 0 Å². The Labute approximate surface area is 175 Å². The van der Waals surface area contributed by atoms with Crippen LogP contribution in [0.2, 0.25) is 0 Å². The third kappa shape index (κ3) is 5.32. The number of carbonyl (C=O) groups is 3. The normalized spacial score (nSPS) is 11.4. The minimum absolute atomic E-state index is 0.327. The second kappa shape index (κ2) is 9.52. The van der Waals surface area contributed by atoms with E-state index < -0.39 is 11.9 Å². The van der Waals surface area contributed by atoms with Gasteiger partial charge in [0.25, 0.3) is 5.91 Å². The van der Waals surface area contributed by atoms with Crippen LogP contribution in [0, 0.1) is 6.92 Å². The maximum Gasteiger partial charge on any atom is 0.251 e. The molecule has 0 spiro atoms. The first-order valence-corrected chi connectivity index (χ1v) is 9.55. The number of anilines is 1. The molecule has 30 heavy (non-hydrogen) atoms. The highest BCUT2D eigenvalue weighted by molar-refractivity contribution is 6.02. The van der Waals surface area contributed by atoms with Gasteiger partial charge in [0.15, 0.2) is 0 Å². The minimum Gasteiger partial charge on any atom is -0.366 e. The van der Waals surface area contributed by atoms with Crippen LogP contribution in [0.1, 0.15) is 31.8 Å². The predicted molar refractivity (Wildman–Crippen MR) is 116 cm³/mol. The summed E-state index contributed by atoms with van der Waals surface area (Å²) in [5.74, 6) is -1.20. The number of aryl methyl sites for hydroxylation is 1. The van der Waals surface area contributed by atoms with Crippen molar-refractivity contribution in [2.45, 2.75) is 19.4 Å². The number of hydrogen-bond donors (Lipinski definition) is 3. The lowest BCUT2D eigenvalue weighted by molar-refractivity contribution is -0.118. The Morgan fingerprint density at radius 1 is 0.900 bits per heavy atom. The Bertz CT molecular complexity index is 1050. The van der Waals surface area contributed by atoms with E-state index >= 15 is 0 Å². The van der Waals surface area contributed by atoms with Gasteiger partial charge < -0.3 is 16.4 Å². The van der Waals surface area contributed by atoms with Gasteiger partial charge in [-0.05, 0) is 48.4 Å². The Hall–Kier alpha value is -3.93. The monoisotopic (exact) mass is 401 g/mol. The number of benzene rings is 3. The van der Waals surface area contributed by atoms with Gasteiger partial charge in [0.05, 0.1) is 0 Å². The van der Waals surface area contributed by atoms with Crippen LogP contribution >= 0.6 is 0 Å². The van der Waals surface area contributed by atoms with Gasteiger partial charge in [0.2, 0.25) is 11.8 Å². The lowest BCUT2D eigenvalue weighted by Crippen LogP contribution is -2.45. The standard InChI is InChI=1S/C24H23N3O3/c1-16-14-19(12-13-20(16)22(25)28)26-24(30)21(15-17-8-4-2-5-9-17)27-23(29)18-10-6-3-7-11-18/h2-14,21H,15H2,1H3,(H2,25,28)(H,26,30)(H,27,29). The lowest BCUT2D eigenvalue weighted by atomic mass is 10.0. The molecule has 3 aromatic rings. The van der Waals surface area contributed by atoms with Crippen LogP contribution < -0.4 is 16.4 Å². The zero-order valence-corrected chi connectivity index (χ0v) is 16.6. The van der Waals surface area contributed by atoms with E-state index in [0.29, 0.717) is 28.8 Å². The molecule has 0 aliphatic rings. The molecule has 0 aliphatic heterocycles. The minimum atomic E-state index is -0.781. The molecule has 1 atom stereocenters. The van der Waals surface area contributed by atoms with Gasteiger partial charge in [-0.3, -0.25) is 14.4 Å². The quantitative estimate of drug-likeness (QED) is 0.567. The summed E-state index contributed by atoms with van der Waals surface area (Å²) >= 11 is 0. The average Bonchev–Trinajstić information content (AvgIpc) is 2.74. The highest BCUT2D eigenvalue weighted by Gasteiger charge is 2.22. The van der Waals surface area contributed by atoms with Gasteiger partial charge in [-0.1, -0.05) is 48.5 Å². The number of rotatable bonds is 7. The smallest absolute Gasteiger partial charge is 0.251 e. The molecule has 0 saturated carbocycles. The Kier molecular flexibility index (Phi) is 6.60. The third-order valence-electron chi connectivity index (χ3n) is 4.70. The van der Waals surface area contributed by atoms with Crippen LogP contribution in [0.4, 0.5) is 5.69 Å². The average molecular weight is 401 g/mol. The van der Waals surface area contributed by atoms with Crippen LogP contribution in [0.5, 0.6) is 0 Å². The van der Waals surface area contributed by atoms with Crippen molar-refractivity contribution in [1.29, 1.82) is 0 Å². The van der Waals surface area contributed by atoms with Crippen molar-refractivity contribution in [3.05, 3.63) is 101 Å². The van der Waals surface area contributed by atoms with Crippen molar-refractivity contribution < 1.29 is 14.4 Å². The summed E-state index contributed by atoms with van der Waals surface area (Å²) < 4.78 is 0. The van der Waals surface area contributed by atoms with Crippen molar-refractivity contribution in [2.24, 2.45) is 5.73 Å². The lowest BCUT2D eigenvalue weighted by Gasteiger charge is -2.19. The van der Waals surface area contributed by atoms with Crippen LogP contribution in [0.15, 0.2) is 78.9 Å². The zero-order valence-electron chi connectivity index (χ0n) is 16.6. The van der Waals surface area contributed by atoms with Gasteiger partial charge in [0.1, 0.15) is 6.04 Å². The fourth-order valence-electron chi connectivity index (χ4n) is 3.14. The van der Waals surface area contributed by atoms with E-state index in [9.17, 15) is 14.4 Å². The number of nitrogens with one attached hydrogen (secondary N) is 2. The summed E-state index contributed by atoms with van der Waals surface area (Å²) in [6.45, 7) is 1.74. The van der Waals surface area contributed by atoms with Crippen molar-refractivity contribution in [1.82, 2.24) is 5.32 Å². The van der Waals surface area contributed by atoms with Gasteiger partial charge in [-0.25, -0.2) is 0 Å². The highest BCUT2D eigenvalue weighted by atomic mass is 16.2. The number of carbonyl (C=O) groups excluding carboxylic acids is 3. The molecule has 0 radical (unpaired) electrons. The molecule has 0 fully saturated rings. The molecule has 6 heteroatoms. The van der Waals surface area contributed by atoms with E-state index in [0.717, 1.165) is 5.56 Å². The van der Waals surface area contributed by atoms with Crippen molar-refractivity contribution in [3.8, 4) is 0 Å². The second-order valence-corrected chi connectivity index (χ2v) is 6.96. The molecule has 0 aliphatic carbocycles. The fourth-order valence-corrected chi connectivity index (χ4v) is 3.14. The maximum atomic E-state index is 13.0. The van der Waals surface area contributed by atoms with Crippen LogP contribution in [-0.4, -0.2) is 23.8 Å². The molecule has 3 rings (SSSR count). The SMILES string of the molecule is Cc1cc(NC(=O)C(Cc2ccccc2)NC(=O)c2ccccc2)ccc1C(N)=O. The van der Waals surface area contributed by atoms with Crippen LogP contribution in [-0.2, 0) is 11.2 Å². The summed E-state index contributed by atoms with van der Waals surface area (Å²) in [7, 11) is 0. The van der Waals surface area contributed by atoms with Crippen molar-refractivity contribution in [3.63, 3.8) is 0 Å². The fraction of sp³-hybridized carbons (Fsp3) is 0.125. The number of primary amides is 1. The van der Waals surface area contributed by atoms with E-state index in [4.69, 9.17) is 5.73 Å². The summed E-state index contributed by atoms with van der Waals surface area (Å²) in [4.78, 5) is 37.0. The van der Waals surface area contributed by atoms with Gasteiger partial charge >= 0.3 is 0 Å². The Morgan fingerprint density at radius 3 is 2.13 bits per heavy atom. The Balaban J connectivity index is 1.80. The molecule has 3 amide bonds. The molecule has 4 N–H and O–H groups in total. The number of nitrogens with two attached hydrogens (primary N) is 1. The molecule has 6 nitrogen and oxygen atoms in total. The number of hydrogen-bond acceptors (Lipinski definition) is 3. The molecule has 152 valence electrons. The molecular formula is C24H23N3O3. The summed E-state index contributed by atoms with van der Waals surface area (Å²) in [6.07, 6.45) is 0.337. The summed E-state index contributed by atoms with van der Waals surface area (Å²) in [5.41, 5.74) is 8.31. The van der Waals surface area contributed by atoms with E-state index in [1.165, 1.54) is 0 Å². The molecule has 0 heterocycles. The largest absolute Gasteiger partial charge is 0.366 e. The van der Waals surface area contributed by atoms with E-state index in [-0.39, 0.29) is 11.8 Å². The first kappa shape index (κ1) is 20.8. The van der Waals surface area contributed by atoms with Crippen molar-refractivity contribution in [2.75, 3.05) is 5.32 Å². The summed E-state index contributed by atoms with van der Waals surface area (Å²) in [5, 5.41) is 5.64. The predicted octanol–water partition coefficient (Wildman–Crippen LogP) is 3.07. The highest BCUT2D eigenvalue weighted by Crippen LogP contribution is 2.16. The Morgan fingerprint density at radius 2 is 1.53 bits per heavy atom. The maximum absolute atomic E-state index is 13.0. The first-order valence-electron chi connectivity index (χ1n) is 9.55. The van der Waals surface area contributed by atoms with Crippen molar-refractivity contribution >= 4 is 23.4 Å². The van der Waals surface area contributed by atoms with E-state index in [2.05, 4.69) is 10.6 Å². The second-order valence-electron chi connectivity index (χ2n) is 6.96. The molecule has 0 saturated heterocycles. The van der Waals surface area contributed by atoms with Gasteiger partial charge in [-0.15, -0.1) is 0 Å². The topological polar surface area (TPSA) is 101 Å². The van der Waals surface area contributed by atoms with Gasteiger partial charge in [-0.2, -0.15) is 0 Å². The van der Waals surface area contributed by atoms with Crippen LogP contribution in [0.3, 0.4) is 0 Å². The first-order chi connectivity index (χ1) is 14.4. The van der Waals surface area contributed by atoms with E-state index in [1.54, 1.807) is 49.4 Å².